The van der Waals surface area contributed by atoms with Crippen molar-refractivity contribution >= 4 is 28.9 Å². The van der Waals surface area contributed by atoms with Gasteiger partial charge in [-0.05, 0) is 55.3 Å². The molecule has 0 amide bonds. The summed E-state index contributed by atoms with van der Waals surface area (Å²) in [6, 6.07) is 7.93. The number of hydrogen-bond acceptors (Lipinski definition) is 4. The Morgan fingerprint density at radius 1 is 1.09 bits per heavy atom. The molecule has 1 saturated carbocycles. The SMILES string of the molecule is N=C1OC2(CCCCC2)C(/C=C/c2ccco2)=C1c1cccs1. The van der Waals surface area contributed by atoms with E-state index in [0.717, 1.165) is 47.5 Å². The van der Waals surface area contributed by atoms with E-state index in [1.165, 1.54) is 6.42 Å². The van der Waals surface area contributed by atoms with Crippen molar-refractivity contribution in [2.75, 3.05) is 0 Å². The summed E-state index contributed by atoms with van der Waals surface area (Å²) in [5.74, 6) is 1.14. The molecule has 4 rings (SSSR count). The summed E-state index contributed by atoms with van der Waals surface area (Å²) in [6.07, 6.45) is 11.3. The second-order valence-corrected chi connectivity index (χ2v) is 7.05. The van der Waals surface area contributed by atoms with Crippen LogP contribution in [0.4, 0.5) is 0 Å². The topological polar surface area (TPSA) is 46.2 Å². The Morgan fingerprint density at radius 3 is 2.65 bits per heavy atom. The average Bonchev–Trinajstić information content (AvgIpc) is 3.28. The van der Waals surface area contributed by atoms with Gasteiger partial charge in [-0.1, -0.05) is 18.6 Å². The number of thiophene rings is 1. The maximum absolute atomic E-state index is 8.40. The quantitative estimate of drug-likeness (QED) is 0.807. The molecule has 4 heteroatoms. The van der Waals surface area contributed by atoms with E-state index in [4.69, 9.17) is 14.6 Å². The van der Waals surface area contributed by atoms with E-state index in [1.807, 2.05) is 24.3 Å². The zero-order chi connectivity index (χ0) is 15.7. The van der Waals surface area contributed by atoms with Crippen LogP contribution in [-0.2, 0) is 4.74 Å². The summed E-state index contributed by atoms with van der Waals surface area (Å²) in [5.41, 5.74) is 1.77. The Kier molecular flexibility index (Phi) is 3.69. The third-order valence-electron chi connectivity index (χ3n) is 4.67. The molecule has 0 atom stereocenters. The highest BCUT2D eigenvalue weighted by molar-refractivity contribution is 7.11. The number of rotatable bonds is 3. The van der Waals surface area contributed by atoms with E-state index in [-0.39, 0.29) is 5.60 Å². The zero-order valence-corrected chi connectivity index (χ0v) is 13.7. The van der Waals surface area contributed by atoms with Gasteiger partial charge in [-0.3, -0.25) is 5.41 Å². The Labute approximate surface area is 139 Å². The number of furan rings is 1. The monoisotopic (exact) mass is 325 g/mol. The fraction of sp³-hybridized carbons (Fsp3) is 0.316. The van der Waals surface area contributed by atoms with Crippen molar-refractivity contribution in [3.8, 4) is 0 Å². The number of nitrogens with one attached hydrogen (secondary N) is 1. The molecular formula is C19H19NO2S. The van der Waals surface area contributed by atoms with E-state index in [0.29, 0.717) is 5.90 Å². The molecule has 0 unspecified atom stereocenters. The van der Waals surface area contributed by atoms with Gasteiger partial charge in [0.25, 0.3) is 0 Å². The first-order valence-electron chi connectivity index (χ1n) is 8.07. The van der Waals surface area contributed by atoms with Gasteiger partial charge in [-0.15, -0.1) is 11.3 Å². The van der Waals surface area contributed by atoms with Gasteiger partial charge in [-0.2, -0.15) is 0 Å². The molecule has 2 aromatic rings. The number of ether oxygens (including phenoxy) is 1. The van der Waals surface area contributed by atoms with E-state index in [9.17, 15) is 0 Å². The molecule has 1 spiro atoms. The van der Waals surface area contributed by atoms with Crippen molar-refractivity contribution in [3.05, 3.63) is 58.2 Å². The van der Waals surface area contributed by atoms with Crippen LogP contribution < -0.4 is 0 Å². The molecule has 1 aliphatic heterocycles. The molecule has 0 aromatic carbocycles. The molecule has 1 aliphatic carbocycles. The van der Waals surface area contributed by atoms with Crippen molar-refractivity contribution < 1.29 is 9.15 Å². The fourth-order valence-electron chi connectivity index (χ4n) is 3.60. The van der Waals surface area contributed by atoms with Crippen molar-refractivity contribution in [2.45, 2.75) is 37.7 Å². The molecule has 2 aromatic heterocycles. The van der Waals surface area contributed by atoms with Crippen LogP contribution in [0.1, 0.15) is 42.7 Å². The summed E-state index contributed by atoms with van der Waals surface area (Å²) >= 11 is 1.66. The molecule has 1 fully saturated rings. The van der Waals surface area contributed by atoms with E-state index < -0.39 is 0 Å². The van der Waals surface area contributed by atoms with Crippen LogP contribution in [0.15, 0.2) is 52.0 Å². The van der Waals surface area contributed by atoms with Gasteiger partial charge in [0.2, 0.25) is 5.90 Å². The minimum atomic E-state index is -0.322. The summed E-state index contributed by atoms with van der Waals surface area (Å²) in [6.45, 7) is 0. The average molecular weight is 325 g/mol. The molecule has 118 valence electrons. The largest absolute Gasteiger partial charge is 0.466 e. The van der Waals surface area contributed by atoms with Gasteiger partial charge in [0, 0.05) is 10.5 Å². The Morgan fingerprint density at radius 2 is 1.96 bits per heavy atom. The second kappa shape index (κ2) is 5.85. The molecule has 2 aliphatic rings. The third kappa shape index (κ3) is 2.57. The highest BCUT2D eigenvalue weighted by Crippen LogP contribution is 2.48. The summed E-state index contributed by atoms with van der Waals surface area (Å²) in [5, 5.41) is 10.4. The molecule has 1 N–H and O–H groups in total. The maximum atomic E-state index is 8.40. The van der Waals surface area contributed by atoms with Crippen LogP contribution in [0.2, 0.25) is 0 Å². The van der Waals surface area contributed by atoms with E-state index in [1.54, 1.807) is 17.6 Å². The highest BCUT2D eigenvalue weighted by Gasteiger charge is 2.45. The first kappa shape index (κ1) is 14.5. The maximum Gasteiger partial charge on any atom is 0.216 e. The van der Waals surface area contributed by atoms with Crippen molar-refractivity contribution in [3.63, 3.8) is 0 Å². The lowest BCUT2D eigenvalue weighted by Crippen LogP contribution is -2.33. The number of hydrogen-bond donors (Lipinski definition) is 1. The summed E-state index contributed by atoms with van der Waals surface area (Å²) in [4.78, 5) is 1.11. The van der Waals surface area contributed by atoms with E-state index in [2.05, 4.69) is 17.5 Å². The van der Waals surface area contributed by atoms with Gasteiger partial charge < -0.3 is 9.15 Å². The van der Waals surface area contributed by atoms with Crippen LogP contribution in [0.3, 0.4) is 0 Å². The molecule has 3 heterocycles. The lowest BCUT2D eigenvalue weighted by atomic mass is 9.78. The highest BCUT2D eigenvalue weighted by atomic mass is 32.1. The van der Waals surface area contributed by atoms with Crippen molar-refractivity contribution in [1.29, 1.82) is 5.41 Å². The Hall–Kier alpha value is -2.07. The predicted octanol–water partition coefficient (Wildman–Crippen LogP) is 5.52. The van der Waals surface area contributed by atoms with Gasteiger partial charge in [0.1, 0.15) is 11.4 Å². The van der Waals surface area contributed by atoms with Crippen molar-refractivity contribution in [2.24, 2.45) is 0 Å². The molecular weight excluding hydrogens is 306 g/mol. The second-order valence-electron chi connectivity index (χ2n) is 6.10. The first-order valence-corrected chi connectivity index (χ1v) is 8.95. The van der Waals surface area contributed by atoms with E-state index >= 15 is 0 Å². The Bertz CT molecular complexity index is 747. The molecule has 3 nitrogen and oxygen atoms in total. The van der Waals surface area contributed by atoms with Crippen molar-refractivity contribution in [1.82, 2.24) is 0 Å². The lowest BCUT2D eigenvalue weighted by Gasteiger charge is -2.34. The normalized spacial score (nSPS) is 20.6. The summed E-state index contributed by atoms with van der Waals surface area (Å²) < 4.78 is 11.6. The van der Waals surface area contributed by atoms with Crippen LogP contribution in [0.25, 0.3) is 11.6 Å². The van der Waals surface area contributed by atoms with Crippen LogP contribution in [0, 0.1) is 5.41 Å². The minimum Gasteiger partial charge on any atom is -0.466 e. The van der Waals surface area contributed by atoms with Gasteiger partial charge >= 0.3 is 0 Å². The molecule has 0 radical (unpaired) electrons. The van der Waals surface area contributed by atoms with Crippen LogP contribution >= 0.6 is 11.3 Å². The van der Waals surface area contributed by atoms with Crippen LogP contribution in [0.5, 0.6) is 0 Å². The standard InChI is InChI=1S/C19H19NO2S/c20-18-17(16-7-5-13-23-16)15(9-8-14-6-4-12-21-14)19(22-18)10-2-1-3-11-19/h4-9,12-13,20H,1-3,10-11H2/b9-8+,20-18?. The Balaban J connectivity index is 1.81. The summed E-state index contributed by atoms with van der Waals surface area (Å²) in [7, 11) is 0. The van der Waals surface area contributed by atoms with Gasteiger partial charge in [0.05, 0.1) is 11.8 Å². The van der Waals surface area contributed by atoms with Gasteiger partial charge in [-0.25, -0.2) is 0 Å². The third-order valence-corrected chi connectivity index (χ3v) is 5.56. The molecule has 0 bridgehead atoms. The van der Waals surface area contributed by atoms with Crippen LogP contribution in [-0.4, -0.2) is 11.5 Å². The smallest absolute Gasteiger partial charge is 0.216 e. The molecule has 0 saturated heterocycles. The lowest BCUT2D eigenvalue weighted by molar-refractivity contribution is 0.0679. The van der Waals surface area contributed by atoms with Gasteiger partial charge in [0.15, 0.2) is 0 Å². The fourth-order valence-corrected chi connectivity index (χ4v) is 4.38. The molecule has 23 heavy (non-hydrogen) atoms. The zero-order valence-electron chi connectivity index (χ0n) is 12.9. The minimum absolute atomic E-state index is 0.313. The predicted molar refractivity (Wildman–Crippen MR) is 93.6 cm³/mol. The first-order chi connectivity index (χ1) is 11.3.